The van der Waals surface area contributed by atoms with Crippen molar-refractivity contribution >= 4 is 0 Å². The van der Waals surface area contributed by atoms with Gasteiger partial charge >= 0.3 is 0 Å². The molecule has 2 N–H and O–H groups in total. The van der Waals surface area contributed by atoms with Crippen LogP contribution in [0.15, 0.2) is 0 Å². The Bertz CT molecular complexity index is 633. The molecule has 5 aliphatic rings. The van der Waals surface area contributed by atoms with E-state index in [0.717, 1.165) is 38.9 Å². The summed E-state index contributed by atoms with van der Waals surface area (Å²) in [5.74, 6) is 3.51. The third-order valence-electron chi connectivity index (χ3n) is 11.2. The second-order valence-electron chi connectivity index (χ2n) is 12.1. The van der Waals surface area contributed by atoms with Crippen molar-refractivity contribution in [3.05, 3.63) is 0 Å². The molecule has 1 aliphatic heterocycles. The summed E-state index contributed by atoms with van der Waals surface area (Å²) in [6, 6.07) is 0. The van der Waals surface area contributed by atoms with E-state index in [1.165, 1.54) is 25.7 Å². The summed E-state index contributed by atoms with van der Waals surface area (Å²) >= 11 is 0. The van der Waals surface area contributed by atoms with Gasteiger partial charge in [0.2, 0.25) is 0 Å². The molecule has 0 spiro atoms. The minimum Gasteiger partial charge on any atom is -0.393 e. The zero-order chi connectivity index (χ0) is 21.3. The van der Waals surface area contributed by atoms with Gasteiger partial charge in [-0.2, -0.15) is 0 Å². The van der Waals surface area contributed by atoms with Crippen molar-refractivity contribution in [1.29, 1.82) is 0 Å². The summed E-state index contributed by atoms with van der Waals surface area (Å²) in [4.78, 5) is 0. The van der Waals surface area contributed by atoms with Crippen molar-refractivity contribution < 1.29 is 19.7 Å². The Morgan fingerprint density at radius 2 is 1.57 bits per heavy atom. The van der Waals surface area contributed by atoms with E-state index in [-0.39, 0.29) is 29.3 Å². The van der Waals surface area contributed by atoms with Crippen LogP contribution in [0.5, 0.6) is 0 Å². The van der Waals surface area contributed by atoms with Crippen LogP contribution in [-0.4, -0.2) is 41.9 Å². The third kappa shape index (κ3) is 2.99. The molecule has 4 aliphatic carbocycles. The molecule has 0 radical (unpaired) electrons. The average Bonchev–Trinajstić information content (AvgIpc) is 3.37. The summed E-state index contributed by atoms with van der Waals surface area (Å²) in [7, 11) is 0. The molecular weight excluding hydrogens is 376 g/mol. The van der Waals surface area contributed by atoms with Crippen LogP contribution in [0.4, 0.5) is 0 Å². The number of aliphatic hydroxyl groups excluding tert-OH is 2. The average molecular weight is 421 g/mol. The maximum absolute atomic E-state index is 11.8. The molecule has 4 saturated carbocycles. The minimum absolute atomic E-state index is 0.0373. The number of aliphatic hydroxyl groups is 2. The second-order valence-corrected chi connectivity index (χ2v) is 12.1. The molecule has 4 heteroatoms. The highest BCUT2D eigenvalue weighted by Gasteiger charge is 2.65. The molecule has 172 valence electrons. The largest absolute Gasteiger partial charge is 0.393 e. The SMILES string of the molecule is CC[C@@H]1C2C[C@H](O)CC[C@]2(C)C2CC[C@@]3(C)C(CCC3[C@H](C)C3OCCO3)C2[C@@H]1O. The zero-order valence-electron chi connectivity index (χ0n) is 19.6. The normalized spacial score (nSPS) is 55.0. The topological polar surface area (TPSA) is 58.9 Å². The van der Waals surface area contributed by atoms with Crippen molar-refractivity contribution in [1.82, 2.24) is 0 Å². The molecule has 0 amide bonds. The van der Waals surface area contributed by atoms with Crippen LogP contribution >= 0.6 is 0 Å². The lowest BCUT2D eigenvalue weighted by atomic mass is 9.41. The molecule has 0 aromatic rings. The van der Waals surface area contributed by atoms with E-state index in [2.05, 4.69) is 27.7 Å². The number of rotatable bonds is 3. The Balaban J connectivity index is 1.45. The van der Waals surface area contributed by atoms with Gasteiger partial charge in [0.15, 0.2) is 6.29 Å². The van der Waals surface area contributed by atoms with Crippen LogP contribution in [-0.2, 0) is 9.47 Å². The number of hydrogen-bond donors (Lipinski definition) is 2. The van der Waals surface area contributed by atoms with Crippen LogP contribution in [0.2, 0.25) is 0 Å². The van der Waals surface area contributed by atoms with Crippen molar-refractivity contribution in [2.75, 3.05) is 13.2 Å². The van der Waals surface area contributed by atoms with E-state index in [1.807, 2.05) is 0 Å². The number of ether oxygens (including phenoxy) is 2. The predicted molar refractivity (Wildman–Crippen MR) is 117 cm³/mol. The first-order valence-electron chi connectivity index (χ1n) is 12.9. The minimum atomic E-state index is -0.207. The molecule has 0 aromatic carbocycles. The molecule has 4 nitrogen and oxygen atoms in total. The maximum Gasteiger partial charge on any atom is 0.160 e. The molecule has 0 aromatic heterocycles. The van der Waals surface area contributed by atoms with Gasteiger partial charge < -0.3 is 19.7 Å². The van der Waals surface area contributed by atoms with Gasteiger partial charge in [-0.05, 0) is 91.3 Å². The molecule has 0 bridgehead atoms. The number of fused-ring (bicyclic) bond motifs is 5. The highest BCUT2D eigenvalue weighted by atomic mass is 16.7. The highest BCUT2D eigenvalue weighted by molar-refractivity contribution is 5.13. The monoisotopic (exact) mass is 420 g/mol. The van der Waals surface area contributed by atoms with Crippen molar-refractivity contribution in [3.63, 3.8) is 0 Å². The summed E-state index contributed by atoms with van der Waals surface area (Å²) < 4.78 is 11.8. The van der Waals surface area contributed by atoms with Gasteiger partial charge in [0.25, 0.3) is 0 Å². The molecule has 5 rings (SSSR count). The smallest absolute Gasteiger partial charge is 0.160 e. The first-order chi connectivity index (χ1) is 14.3. The first-order valence-corrected chi connectivity index (χ1v) is 12.9. The third-order valence-corrected chi connectivity index (χ3v) is 11.2. The van der Waals surface area contributed by atoms with Crippen LogP contribution in [0.1, 0.15) is 79.1 Å². The summed E-state index contributed by atoms with van der Waals surface area (Å²) in [5, 5.41) is 22.2. The summed E-state index contributed by atoms with van der Waals surface area (Å²) in [5.41, 5.74) is 0.569. The molecular formula is C26H44O4. The second kappa shape index (κ2) is 7.71. The maximum atomic E-state index is 11.8. The van der Waals surface area contributed by atoms with Crippen molar-refractivity contribution in [3.8, 4) is 0 Å². The quantitative estimate of drug-likeness (QED) is 0.699. The molecule has 1 heterocycles. The summed E-state index contributed by atoms with van der Waals surface area (Å²) in [6.45, 7) is 11.1. The van der Waals surface area contributed by atoms with Crippen LogP contribution in [0.3, 0.4) is 0 Å². The molecule has 5 unspecified atom stereocenters. The zero-order valence-corrected chi connectivity index (χ0v) is 19.6. The first kappa shape index (κ1) is 21.7. The van der Waals surface area contributed by atoms with Gasteiger partial charge in [0, 0.05) is 5.92 Å². The van der Waals surface area contributed by atoms with E-state index in [9.17, 15) is 10.2 Å². The van der Waals surface area contributed by atoms with Crippen molar-refractivity contribution in [2.24, 2.45) is 52.3 Å². The molecule has 30 heavy (non-hydrogen) atoms. The Morgan fingerprint density at radius 3 is 2.27 bits per heavy atom. The fraction of sp³-hybridized carbons (Fsp3) is 1.00. The van der Waals surface area contributed by atoms with Gasteiger partial charge in [-0.1, -0.05) is 34.1 Å². The molecule has 1 saturated heterocycles. The van der Waals surface area contributed by atoms with E-state index < -0.39 is 0 Å². The Labute approximate surface area is 183 Å². The predicted octanol–water partition coefficient (Wildman–Crippen LogP) is 4.62. The number of hydrogen-bond acceptors (Lipinski definition) is 4. The highest BCUT2D eigenvalue weighted by Crippen LogP contribution is 2.69. The van der Waals surface area contributed by atoms with Crippen molar-refractivity contribution in [2.45, 2.75) is 97.6 Å². The standard InChI is InChI=1S/C26H44O4/c1-5-17-21-14-16(27)8-10-26(21,4)20-9-11-25(3)18(15(2)24-29-12-13-30-24)6-7-19(25)22(20)23(17)28/h15-24,27-28H,5-14H2,1-4H3/t15-,16+,17+,18?,19?,20?,21?,22?,23+,25+,26+/m0/s1. The lowest BCUT2D eigenvalue weighted by molar-refractivity contribution is -0.206. The Kier molecular flexibility index (Phi) is 5.57. The van der Waals surface area contributed by atoms with Gasteiger partial charge in [0.1, 0.15) is 0 Å². The van der Waals surface area contributed by atoms with E-state index >= 15 is 0 Å². The fourth-order valence-electron chi connectivity index (χ4n) is 9.73. The Hall–Kier alpha value is -0.160. The van der Waals surface area contributed by atoms with E-state index in [0.29, 0.717) is 41.4 Å². The molecule has 5 fully saturated rings. The summed E-state index contributed by atoms with van der Waals surface area (Å²) in [6.07, 6.45) is 8.60. The van der Waals surface area contributed by atoms with Gasteiger partial charge in [-0.3, -0.25) is 0 Å². The van der Waals surface area contributed by atoms with E-state index in [4.69, 9.17) is 9.47 Å². The molecule has 11 atom stereocenters. The van der Waals surface area contributed by atoms with E-state index in [1.54, 1.807) is 0 Å². The lowest BCUT2D eigenvalue weighted by Crippen LogP contribution is -2.62. The van der Waals surface area contributed by atoms with Crippen LogP contribution in [0, 0.1) is 52.3 Å². The lowest BCUT2D eigenvalue weighted by Gasteiger charge is -2.64. The van der Waals surface area contributed by atoms with Gasteiger partial charge in [-0.25, -0.2) is 0 Å². The van der Waals surface area contributed by atoms with Gasteiger partial charge in [0.05, 0.1) is 25.4 Å². The van der Waals surface area contributed by atoms with Crippen LogP contribution in [0.25, 0.3) is 0 Å². The van der Waals surface area contributed by atoms with Gasteiger partial charge in [-0.15, -0.1) is 0 Å². The fourth-order valence-corrected chi connectivity index (χ4v) is 9.73. The van der Waals surface area contributed by atoms with Crippen LogP contribution < -0.4 is 0 Å². The Morgan fingerprint density at radius 1 is 0.900 bits per heavy atom.